The van der Waals surface area contributed by atoms with Crippen molar-refractivity contribution in [3.8, 4) is 0 Å². The summed E-state index contributed by atoms with van der Waals surface area (Å²) in [6.45, 7) is 11.5. The van der Waals surface area contributed by atoms with Gasteiger partial charge in [-0.15, -0.1) is 10.2 Å². The van der Waals surface area contributed by atoms with Crippen LogP contribution in [-0.4, -0.2) is 44.4 Å². The van der Waals surface area contributed by atoms with Crippen LogP contribution in [0, 0.1) is 31.1 Å². The number of aromatic nitrogens is 3. The van der Waals surface area contributed by atoms with Gasteiger partial charge in [-0.2, -0.15) is 0 Å². The zero-order valence-corrected chi connectivity index (χ0v) is 21.3. The van der Waals surface area contributed by atoms with Crippen molar-refractivity contribution in [1.82, 2.24) is 19.7 Å². The summed E-state index contributed by atoms with van der Waals surface area (Å²) in [5.74, 6) is 2.68. The van der Waals surface area contributed by atoms with Crippen LogP contribution in [0.2, 0.25) is 0 Å². The Labute approximate surface area is 203 Å². The highest BCUT2D eigenvalue weighted by molar-refractivity contribution is 5.86. The number of Topliss-reactive ketones (excluding diaryl/α,β-unsaturated/α-hetero) is 1. The molecule has 1 amide bonds. The maximum absolute atomic E-state index is 13.6. The molecule has 1 aliphatic heterocycles. The molecule has 1 aromatic carbocycles. The fourth-order valence-corrected chi connectivity index (χ4v) is 5.88. The summed E-state index contributed by atoms with van der Waals surface area (Å²) in [4.78, 5) is 27.7. The van der Waals surface area contributed by atoms with Gasteiger partial charge in [-0.05, 0) is 62.0 Å². The molecule has 2 aliphatic carbocycles. The Balaban J connectivity index is 1.40. The number of carbonyl (C=O) groups is 2. The van der Waals surface area contributed by atoms with E-state index in [1.54, 1.807) is 6.92 Å². The minimum atomic E-state index is -0.235. The highest BCUT2D eigenvalue weighted by Gasteiger charge is 2.46. The van der Waals surface area contributed by atoms with E-state index in [4.69, 9.17) is 0 Å². The van der Waals surface area contributed by atoms with Gasteiger partial charge in [0.05, 0.1) is 0 Å². The SMILES string of the molecule is CC(=O)N1C[C@H](C(=O)Cc2ccc(C)cc2C)[C@@H](c2nnc(CCC3CC3(C)C)n2C2CC2)C1. The molecule has 3 fully saturated rings. The standard InChI is InChI=1S/C28H38N4O2/c1-17-6-7-20(18(2)12-17)13-25(34)23-15-31(19(3)33)16-24(23)27-30-29-26(32(27)22-9-10-22)11-8-21-14-28(21,4)5/h6-7,12,21-24H,8-11,13-16H2,1-5H3/t21?,23-,24-/m0/s1. The van der Waals surface area contributed by atoms with Gasteiger partial charge in [-0.3, -0.25) is 9.59 Å². The zero-order valence-electron chi connectivity index (χ0n) is 21.3. The molecule has 6 nitrogen and oxygen atoms in total. The predicted octanol–water partition coefficient (Wildman–Crippen LogP) is 4.58. The lowest BCUT2D eigenvalue weighted by Crippen LogP contribution is -2.28. The number of ketones is 1. The molecule has 0 bridgehead atoms. The van der Waals surface area contributed by atoms with Gasteiger partial charge in [0.15, 0.2) is 0 Å². The van der Waals surface area contributed by atoms with Crippen LogP contribution in [0.15, 0.2) is 18.2 Å². The van der Waals surface area contributed by atoms with Crippen LogP contribution in [-0.2, 0) is 22.4 Å². The summed E-state index contributed by atoms with van der Waals surface area (Å²) >= 11 is 0. The Kier molecular flexibility index (Phi) is 5.89. The van der Waals surface area contributed by atoms with Gasteiger partial charge in [-0.1, -0.05) is 37.6 Å². The van der Waals surface area contributed by atoms with Crippen LogP contribution < -0.4 is 0 Å². The van der Waals surface area contributed by atoms with Crippen molar-refractivity contribution in [3.63, 3.8) is 0 Å². The molecule has 1 unspecified atom stereocenters. The van der Waals surface area contributed by atoms with Gasteiger partial charge < -0.3 is 9.47 Å². The average molecular weight is 463 g/mol. The number of carbonyl (C=O) groups excluding carboxylic acids is 2. The highest BCUT2D eigenvalue weighted by Crippen LogP contribution is 2.54. The van der Waals surface area contributed by atoms with Crippen LogP contribution in [0.25, 0.3) is 0 Å². The van der Waals surface area contributed by atoms with Crippen LogP contribution in [0.3, 0.4) is 0 Å². The van der Waals surface area contributed by atoms with Crippen molar-refractivity contribution >= 4 is 11.7 Å². The third-order valence-corrected chi connectivity index (χ3v) is 8.51. The molecule has 6 heteroatoms. The lowest BCUT2D eigenvalue weighted by molar-refractivity contribution is -0.128. The van der Waals surface area contributed by atoms with Crippen molar-refractivity contribution < 1.29 is 9.59 Å². The summed E-state index contributed by atoms with van der Waals surface area (Å²) in [5.41, 5.74) is 3.89. The fraction of sp³-hybridized carbons (Fsp3) is 0.643. The van der Waals surface area contributed by atoms with Gasteiger partial charge >= 0.3 is 0 Å². The summed E-state index contributed by atoms with van der Waals surface area (Å²) in [6.07, 6.45) is 6.09. The lowest BCUT2D eigenvalue weighted by atomic mass is 9.87. The molecule has 1 saturated heterocycles. The van der Waals surface area contributed by atoms with Gasteiger partial charge in [0.2, 0.25) is 5.91 Å². The van der Waals surface area contributed by atoms with Crippen molar-refractivity contribution in [3.05, 3.63) is 46.5 Å². The van der Waals surface area contributed by atoms with E-state index in [9.17, 15) is 9.59 Å². The molecule has 182 valence electrons. The van der Waals surface area contributed by atoms with E-state index < -0.39 is 0 Å². The number of aryl methyl sites for hydroxylation is 3. The van der Waals surface area contributed by atoms with E-state index in [1.807, 2.05) is 4.90 Å². The third kappa shape index (κ3) is 4.56. The van der Waals surface area contributed by atoms with Crippen LogP contribution in [0.4, 0.5) is 0 Å². The average Bonchev–Trinajstić information content (AvgIpc) is 3.59. The van der Waals surface area contributed by atoms with Crippen LogP contribution >= 0.6 is 0 Å². The van der Waals surface area contributed by atoms with E-state index in [0.29, 0.717) is 31.0 Å². The van der Waals surface area contributed by atoms with E-state index in [2.05, 4.69) is 60.7 Å². The number of rotatable bonds is 8. The van der Waals surface area contributed by atoms with Crippen molar-refractivity contribution in [2.75, 3.05) is 13.1 Å². The normalized spacial score (nSPS) is 25.6. The molecular weight excluding hydrogens is 424 g/mol. The minimum absolute atomic E-state index is 0.0282. The molecule has 2 saturated carbocycles. The maximum Gasteiger partial charge on any atom is 0.219 e. The lowest BCUT2D eigenvalue weighted by Gasteiger charge is -2.19. The van der Waals surface area contributed by atoms with Crippen molar-refractivity contribution in [2.45, 2.75) is 85.1 Å². The summed E-state index contributed by atoms with van der Waals surface area (Å²) in [6, 6.07) is 6.72. The number of benzene rings is 1. The number of nitrogens with zero attached hydrogens (tertiary/aromatic N) is 4. The summed E-state index contributed by atoms with van der Waals surface area (Å²) < 4.78 is 2.35. The first-order chi connectivity index (χ1) is 16.1. The van der Waals surface area contributed by atoms with Crippen molar-refractivity contribution in [1.29, 1.82) is 0 Å². The Hall–Kier alpha value is -2.50. The summed E-state index contributed by atoms with van der Waals surface area (Å²) in [5, 5.41) is 9.32. The Morgan fingerprint density at radius 2 is 1.85 bits per heavy atom. The van der Waals surface area contributed by atoms with Crippen molar-refractivity contribution in [2.24, 2.45) is 17.3 Å². The topological polar surface area (TPSA) is 68.1 Å². The number of hydrogen-bond acceptors (Lipinski definition) is 4. The number of likely N-dealkylation sites (tertiary alicyclic amines) is 1. The zero-order chi connectivity index (χ0) is 24.2. The van der Waals surface area contributed by atoms with E-state index in [0.717, 1.165) is 54.4 Å². The molecule has 2 heterocycles. The molecule has 0 spiro atoms. The molecule has 34 heavy (non-hydrogen) atoms. The van der Waals surface area contributed by atoms with Crippen LogP contribution in [0.1, 0.15) is 86.8 Å². The second-order valence-corrected chi connectivity index (χ2v) is 11.7. The monoisotopic (exact) mass is 462 g/mol. The fourth-order valence-electron chi connectivity index (χ4n) is 5.88. The highest BCUT2D eigenvalue weighted by atomic mass is 16.2. The maximum atomic E-state index is 13.6. The second-order valence-electron chi connectivity index (χ2n) is 11.7. The molecule has 1 aromatic heterocycles. The molecule has 0 radical (unpaired) electrons. The number of amides is 1. The molecule has 5 rings (SSSR count). The third-order valence-electron chi connectivity index (χ3n) is 8.51. The number of hydrogen-bond donors (Lipinski definition) is 0. The minimum Gasteiger partial charge on any atom is -0.341 e. The predicted molar refractivity (Wildman–Crippen MR) is 132 cm³/mol. The van der Waals surface area contributed by atoms with Gasteiger partial charge in [-0.25, -0.2) is 0 Å². The summed E-state index contributed by atoms with van der Waals surface area (Å²) in [7, 11) is 0. The molecule has 3 atom stereocenters. The Bertz CT molecular complexity index is 1110. The molecule has 2 aromatic rings. The van der Waals surface area contributed by atoms with Crippen LogP contribution in [0.5, 0.6) is 0 Å². The molecular formula is C28H38N4O2. The smallest absolute Gasteiger partial charge is 0.219 e. The van der Waals surface area contributed by atoms with E-state index in [1.165, 1.54) is 12.0 Å². The first-order valence-electron chi connectivity index (χ1n) is 12.9. The Morgan fingerprint density at radius 3 is 2.47 bits per heavy atom. The van der Waals surface area contributed by atoms with E-state index in [-0.39, 0.29) is 23.5 Å². The molecule has 3 aliphatic rings. The first kappa shape index (κ1) is 23.3. The quantitative estimate of drug-likeness (QED) is 0.576. The van der Waals surface area contributed by atoms with Gasteiger partial charge in [0.1, 0.15) is 17.4 Å². The van der Waals surface area contributed by atoms with E-state index >= 15 is 0 Å². The largest absolute Gasteiger partial charge is 0.341 e. The molecule has 0 N–H and O–H groups in total. The second kappa shape index (κ2) is 8.62. The Morgan fingerprint density at radius 1 is 1.12 bits per heavy atom. The van der Waals surface area contributed by atoms with Gasteiger partial charge in [0, 0.05) is 50.7 Å². The first-order valence-corrected chi connectivity index (χ1v) is 12.9. The van der Waals surface area contributed by atoms with Gasteiger partial charge in [0.25, 0.3) is 0 Å².